The van der Waals surface area contributed by atoms with E-state index in [2.05, 4.69) is 26.5 Å². The topological polar surface area (TPSA) is 93.8 Å². The molecule has 0 aliphatic heterocycles. The normalized spacial score (nSPS) is 10.8. The van der Waals surface area contributed by atoms with Crippen molar-refractivity contribution in [3.05, 3.63) is 54.7 Å². The fraction of sp³-hybridized carbons (Fsp3) is 0.200. The third-order valence-corrected chi connectivity index (χ3v) is 4.76. The number of carbonyl (C=O) groups excluding carboxylic acids is 1. The first-order chi connectivity index (χ1) is 11.5. The highest BCUT2D eigenvalue weighted by atomic mass is 79.9. The van der Waals surface area contributed by atoms with Crippen LogP contribution >= 0.6 is 27.3 Å². The van der Waals surface area contributed by atoms with Crippen molar-refractivity contribution in [1.29, 1.82) is 0 Å². The number of halogens is 1. The second-order valence-electron chi connectivity index (χ2n) is 4.58. The Kier molecular flexibility index (Phi) is 6.44. The predicted molar refractivity (Wildman–Crippen MR) is 95.7 cm³/mol. The van der Waals surface area contributed by atoms with Gasteiger partial charge in [-0.1, -0.05) is 19.1 Å². The third kappa shape index (κ3) is 4.87. The molecular weight excluding hydrogens is 398 g/mol. The van der Waals surface area contributed by atoms with Gasteiger partial charge in [-0.2, -0.15) is 5.10 Å². The lowest BCUT2D eigenvalue weighted by Gasteiger charge is -2.06. The number of nitrogens with zero attached hydrogens (tertiary/aromatic N) is 2. The van der Waals surface area contributed by atoms with Crippen molar-refractivity contribution >= 4 is 45.1 Å². The van der Waals surface area contributed by atoms with Crippen LogP contribution in [0.15, 0.2) is 39.9 Å². The maximum absolute atomic E-state index is 11.7. The van der Waals surface area contributed by atoms with Gasteiger partial charge in [-0.3, -0.25) is 14.9 Å². The van der Waals surface area contributed by atoms with Crippen molar-refractivity contribution < 1.29 is 14.5 Å². The minimum absolute atomic E-state index is 0.0764. The minimum Gasteiger partial charge on any atom is -0.483 e. The van der Waals surface area contributed by atoms with Crippen molar-refractivity contribution in [2.75, 3.05) is 6.61 Å². The molecule has 9 heteroatoms. The van der Waals surface area contributed by atoms with Crippen LogP contribution in [0.5, 0.6) is 5.75 Å². The summed E-state index contributed by atoms with van der Waals surface area (Å²) in [7, 11) is 0. The molecule has 1 N–H and O–H groups in total. The number of ether oxygens (including phenoxy) is 1. The van der Waals surface area contributed by atoms with Gasteiger partial charge in [0.15, 0.2) is 6.61 Å². The summed E-state index contributed by atoms with van der Waals surface area (Å²) in [6, 6.07) is 8.62. The lowest BCUT2D eigenvalue weighted by molar-refractivity contribution is -0.385. The van der Waals surface area contributed by atoms with Gasteiger partial charge in [0, 0.05) is 6.07 Å². The Balaban J connectivity index is 1.88. The molecule has 0 radical (unpaired) electrons. The van der Waals surface area contributed by atoms with E-state index in [1.54, 1.807) is 18.2 Å². The Labute approximate surface area is 150 Å². The molecule has 1 aromatic carbocycles. The van der Waals surface area contributed by atoms with Crippen LogP contribution in [0.4, 0.5) is 5.69 Å². The van der Waals surface area contributed by atoms with Gasteiger partial charge in [-0.25, -0.2) is 5.43 Å². The first-order valence-electron chi connectivity index (χ1n) is 6.97. The zero-order chi connectivity index (χ0) is 17.5. The molecule has 2 aromatic rings. The number of hydrogen-bond donors (Lipinski definition) is 1. The number of benzene rings is 1. The van der Waals surface area contributed by atoms with E-state index in [1.165, 1.54) is 23.6 Å². The molecule has 24 heavy (non-hydrogen) atoms. The smallest absolute Gasteiger partial charge is 0.283 e. The summed E-state index contributed by atoms with van der Waals surface area (Å²) in [5, 5.41) is 14.7. The van der Waals surface area contributed by atoms with E-state index in [1.807, 2.05) is 13.0 Å². The molecule has 0 saturated heterocycles. The fourth-order valence-corrected chi connectivity index (χ4v) is 3.16. The SMILES string of the molecule is CCc1sc(C=NNC(=O)COc2ccccc2Br)cc1[N+](=O)[O-]. The number of para-hydroxylation sites is 1. The lowest BCUT2D eigenvalue weighted by Crippen LogP contribution is -2.24. The van der Waals surface area contributed by atoms with Gasteiger partial charge in [-0.05, 0) is 34.5 Å². The van der Waals surface area contributed by atoms with E-state index in [9.17, 15) is 14.9 Å². The quantitative estimate of drug-likeness (QED) is 0.428. The molecule has 7 nitrogen and oxygen atoms in total. The highest BCUT2D eigenvalue weighted by molar-refractivity contribution is 9.10. The number of rotatable bonds is 7. The monoisotopic (exact) mass is 411 g/mol. The number of hydrogen-bond acceptors (Lipinski definition) is 6. The van der Waals surface area contributed by atoms with Crippen LogP contribution in [-0.2, 0) is 11.2 Å². The van der Waals surface area contributed by atoms with E-state index < -0.39 is 10.8 Å². The standard InChI is InChI=1S/C15H14BrN3O4S/c1-2-14-12(19(21)22)7-10(24-14)8-17-18-15(20)9-23-13-6-4-3-5-11(13)16/h3-8H,2,9H2,1H3,(H,18,20). The Morgan fingerprint density at radius 3 is 2.88 bits per heavy atom. The average molecular weight is 412 g/mol. The Bertz CT molecular complexity index is 776. The number of carbonyl (C=O) groups is 1. The number of amides is 1. The molecule has 0 fully saturated rings. The van der Waals surface area contributed by atoms with Crippen molar-refractivity contribution in [3.8, 4) is 5.75 Å². The molecule has 1 aromatic heterocycles. The summed E-state index contributed by atoms with van der Waals surface area (Å²) >= 11 is 4.59. The third-order valence-electron chi connectivity index (χ3n) is 2.90. The second-order valence-corrected chi connectivity index (χ2v) is 6.60. The Morgan fingerprint density at radius 1 is 1.50 bits per heavy atom. The van der Waals surface area contributed by atoms with Crippen molar-refractivity contribution in [2.45, 2.75) is 13.3 Å². The fourth-order valence-electron chi connectivity index (χ4n) is 1.82. The van der Waals surface area contributed by atoms with Crippen LogP contribution in [-0.4, -0.2) is 23.7 Å². The largest absolute Gasteiger partial charge is 0.483 e. The first kappa shape index (κ1) is 18.1. The Hall–Kier alpha value is -2.26. The molecule has 1 amide bonds. The molecule has 0 bridgehead atoms. The van der Waals surface area contributed by atoms with Crippen molar-refractivity contribution in [3.63, 3.8) is 0 Å². The van der Waals surface area contributed by atoms with Crippen LogP contribution in [0, 0.1) is 10.1 Å². The van der Waals surface area contributed by atoms with Gasteiger partial charge >= 0.3 is 0 Å². The molecule has 0 unspecified atom stereocenters. The lowest BCUT2D eigenvalue weighted by atomic mass is 10.3. The number of nitrogens with one attached hydrogen (secondary N) is 1. The Morgan fingerprint density at radius 2 is 2.25 bits per heavy atom. The molecular formula is C15H14BrN3O4S. The number of nitro groups is 1. The predicted octanol–water partition coefficient (Wildman–Crippen LogP) is 3.51. The minimum atomic E-state index is -0.427. The van der Waals surface area contributed by atoms with Gasteiger partial charge < -0.3 is 4.74 Å². The molecule has 0 aliphatic carbocycles. The van der Waals surface area contributed by atoms with E-state index in [-0.39, 0.29) is 12.3 Å². The van der Waals surface area contributed by atoms with E-state index in [4.69, 9.17) is 4.74 Å². The zero-order valence-electron chi connectivity index (χ0n) is 12.7. The maximum atomic E-state index is 11.7. The first-order valence-corrected chi connectivity index (χ1v) is 8.58. The summed E-state index contributed by atoms with van der Waals surface area (Å²) in [4.78, 5) is 23.4. The number of hydrazone groups is 1. The molecule has 0 spiro atoms. The molecule has 126 valence electrons. The second kappa shape index (κ2) is 8.55. The summed E-state index contributed by atoms with van der Waals surface area (Å²) < 4.78 is 6.10. The van der Waals surface area contributed by atoms with E-state index in [0.29, 0.717) is 21.9 Å². The van der Waals surface area contributed by atoms with Gasteiger partial charge in [0.2, 0.25) is 0 Å². The van der Waals surface area contributed by atoms with Gasteiger partial charge in [0.05, 0.1) is 25.4 Å². The van der Waals surface area contributed by atoms with Crippen molar-refractivity contribution in [1.82, 2.24) is 5.43 Å². The molecule has 2 rings (SSSR count). The van der Waals surface area contributed by atoms with Crippen LogP contribution in [0.25, 0.3) is 0 Å². The van der Waals surface area contributed by atoms with Crippen LogP contribution < -0.4 is 10.2 Å². The summed E-state index contributed by atoms with van der Waals surface area (Å²) in [6.07, 6.45) is 1.95. The molecule has 0 atom stereocenters. The van der Waals surface area contributed by atoms with Crippen LogP contribution in [0.2, 0.25) is 0 Å². The molecule has 0 saturated carbocycles. The van der Waals surface area contributed by atoms with Gasteiger partial charge in [0.25, 0.3) is 11.6 Å². The zero-order valence-corrected chi connectivity index (χ0v) is 15.1. The van der Waals surface area contributed by atoms with E-state index in [0.717, 1.165) is 4.47 Å². The molecule has 1 heterocycles. The van der Waals surface area contributed by atoms with Crippen LogP contribution in [0.1, 0.15) is 16.7 Å². The summed E-state index contributed by atoms with van der Waals surface area (Å²) in [6.45, 7) is 1.66. The van der Waals surface area contributed by atoms with E-state index >= 15 is 0 Å². The van der Waals surface area contributed by atoms with Gasteiger partial charge in [0.1, 0.15) is 5.75 Å². The highest BCUT2D eigenvalue weighted by Crippen LogP contribution is 2.28. The average Bonchev–Trinajstić information content (AvgIpc) is 2.98. The molecule has 0 aliphatic rings. The summed E-state index contributed by atoms with van der Waals surface area (Å²) in [5.74, 6) is 0.127. The highest BCUT2D eigenvalue weighted by Gasteiger charge is 2.16. The summed E-state index contributed by atoms with van der Waals surface area (Å²) in [5.41, 5.74) is 2.40. The van der Waals surface area contributed by atoms with Crippen LogP contribution in [0.3, 0.4) is 0 Å². The number of thiophene rings is 1. The van der Waals surface area contributed by atoms with Gasteiger partial charge in [-0.15, -0.1) is 11.3 Å². The number of aryl methyl sites for hydroxylation is 1. The maximum Gasteiger partial charge on any atom is 0.283 e. The van der Waals surface area contributed by atoms with Crippen molar-refractivity contribution in [2.24, 2.45) is 5.10 Å².